The van der Waals surface area contributed by atoms with Crippen molar-refractivity contribution in [3.05, 3.63) is 34.1 Å². The second-order valence-electron chi connectivity index (χ2n) is 5.72. The summed E-state index contributed by atoms with van der Waals surface area (Å²) in [7, 11) is 0. The fourth-order valence-electron chi connectivity index (χ4n) is 3.55. The van der Waals surface area contributed by atoms with Gasteiger partial charge in [0.05, 0.1) is 4.47 Å². The predicted molar refractivity (Wildman–Crippen MR) is 78.6 cm³/mol. The second-order valence-corrected chi connectivity index (χ2v) is 6.57. The molecule has 1 aromatic rings. The highest BCUT2D eigenvalue weighted by Gasteiger charge is 2.37. The number of hydrogen-bond acceptors (Lipinski definition) is 2. The molecule has 2 aliphatic heterocycles. The van der Waals surface area contributed by atoms with E-state index in [1.807, 2.05) is 12.1 Å². The summed E-state index contributed by atoms with van der Waals surface area (Å²) in [5.41, 5.74) is 1.20. The zero-order valence-electron chi connectivity index (χ0n) is 11.2. The molecule has 2 aliphatic rings. The molecule has 0 saturated carbocycles. The quantitative estimate of drug-likeness (QED) is 0.896. The summed E-state index contributed by atoms with van der Waals surface area (Å²) in [6.45, 7) is 5.64. The minimum Gasteiger partial charge on any atom is -0.315 e. The van der Waals surface area contributed by atoms with E-state index >= 15 is 0 Å². The molecule has 104 valence electrons. The molecule has 0 spiro atoms. The van der Waals surface area contributed by atoms with Gasteiger partial charge in [0.25, 0.3) is 0 Å². The summed E-state index contributed by atoms with van der Waals surface area (Å²) in [4.78, 5) is 2.59. The van der Waals surface area contributed by atoms with Gasteiger partial charge in [0.15, 0.2) is 0 Å². The third kappa shape index (κ3) is 2.58. The Morgan fingerprint density at radius 1 is 1.42 bits per heavy atom. The molecule has 0 amide bonds. The Bertz CT molecular complexity index is 465. The van der Waals surface area contributed by atoms with Crippen LogP contribution in [0, 0.1) is 11.7 Å². The van der Waals surface area contributed by atoms with E-state index in [1.165, 1.54) is 18.4 Å². The van der Waals surface area contributed by atoms with E-state index in [4.69, 9.17) is 0 Å². The van der Waals surface area contributed by atoms with Gasteiger partial charge >= 0.3 is 0 Å². The molecule has 1 aromatic carbocycles. The minimum atomic E-state index is -0.185. The van der Waals surface area contributed by atoms with Gasteiger partial charge in [-0.1, -0.05) is 6.07 Å². The molecule has 2 nitrogen and oxygen atoms in total. The van der Waals surface area contributed by atoms with Crippen LogP contribution in [0.25, 0.3) is 0 Å². The summed E-state index contributed by atoms with van der Waals surface area (Å²) >= 11 is 3.29. The standard InChI is InChI=1S/C15H20BrFN2/c1-10(11-4-5-14(17)13(16)7-11)19-6-2-3-12-8-18-9-15(12)19/h4-5,7,10,12,15,18H,2-3,6,8-9H2,1H3. The van der Waals surface area contributed by atoms with Crippen LogP contribution in [0.3, 0.4) is 0 Å². The van der Waals surface area contributed by atoms with Crippen molar-refractivity contribution in [1.82, 2.24) is 10.2 Å². The highest BCUT2D eigenvalue weighted by Crippen LogP contribution is 2.34. The van der Waals surface area contributed by atoms with E-state index in [0.717, 1.165) is 25.6 Å². The lowest BCUT2D eigenvalue weighted by molar-refractivity contribution is 0.0847. The zero-order chi connectivity index (χ0) is 13.4. The van der Waals surface area contributed by atoms with Crippen molar-refractivity contribution in [3.63, 3.8) is 0 Å². The van der Waals surface area contributed by atoms with Crippen LogP contribution in [0.15, 0.2) is 22.7 Å². The second kappa shape index (κ2) is 5.51. The summed E-state index contributed by atoms with van der Waals surface area (Å²) in [5.74, 6) is 0.607. The maximum absolute atomic E-state index is 13.3. The van der Waals surface area contributed by atoms with Crippen molar-refractivity contribution in [2.75, 3.05) is 19.6 Å². The SMILES string of the molecule is CC(c1ccc(F)c(Br)c1)N1CCCC2CNCC21. The molecule has 0 aromatic heterocycles. The third-order valence-electron chi connectivity index (χ3n) is 4.64. The summed E-state index contributed by atoms with van der Waals surface area (Å²) in [5, 5.41) is 3.51. The fraction of sp³-hybridized carbons (Fsp3) is 0.600. The van der Waals surface area contributed by atoms with E-state index < -0.39 is 0 Å². The molecule has 0 bridgehead atoms. The van der Waals surface area contributed by atoms with E-state index in [0.29, 0.717) is 16.6 Å². The third-order valence-corrected chi connectivity index (χ3v) is 5.25. The average Bonchev–Trinajstić information content (AvgIpc) is 2.89. The zero-order valence-corrected chi connectivity index (χ0v) is 12.8. The van der Waals surface area contributed by atoms with Crippen LogP contribution in [0.2, 0.25) is 0 Å². The first-order valence-electron chi connectivity index (χ1n) is 7.08. The molecular formula is C15H20BrFN2. The Morgan fingerprint density at radius 2 is 2.26 bits per heavy atom. The average molecular weight is 327 g/mol. The Morgan fingerprint density at radius 3 is 3.05 bits per heavy atom. The molecule has 3 rings (SSSR count). The van der Waals surface area contributed by atoms with Gasteiger partial charge in [-0.15, -0.1) is 0 Å². The Balaban J connectivity index is 1.82. The predicted octanol–water partition coefficient (Wildman–Crippen LogP) is 3.33. The van der Waals surface area contributed by atoms with Gasteiger partial charge in [0, 0.05) is 18.6 Å². The Hall–Kier alpha value is -0.450. The monoisotopic (exact) mass is 326 g/mol. The first kappa shape index (κ1) is 13.5. The molecule has 2 fully saturated rings. The van der Waals surface area contributed by atoms with Gasteiger partial charge in [-0.25, -0.2) is 4.39 Å². The van der Waals surface area contributed by atoms with Crippen molar-refractivity contribution in [2.24, 2.45) is 5.92 Å². The number of halogens is 2. The van der Waals surface area contributed by atoms with Gasteiger partial charge in [0.2, 0.25) is 0 Å². The number of nitrogens with one attached hydrogen (secondary N) is 1. The molecule has 0 radical (unpaired) electrons. The molecule has 19 heavy (non-hydrogen) atoms. The number of likely N-dealkylation sites (tertiary alicyclic amines) is 1. The number of fused-ring (bicyclic) bond motifs is 1. The van der Waals surface area contributed by atoms with Crippen LogP contribution in [0.4, 0.5) is 4.39 Å². The van der Waals surface area contributed by atoms with Crippen LogP contribution in [0.1, 0.15) is 31.4 Å². The molecular weight excluding hydrogens is 307 g/mol. The van der Waals surface area contributed by atoms with Gasteiger partial charge in [-0.2, -0.15) is 0 Å². The lowest BCUT2D eigenvalue weighted by Gasteiger charge is -2.41. The van der Waals surface area contributed by atoms with E-state index in [9.17, 15) is 4.39 Å². The highest BCUT2D eigenvalue weighted by molar-refractivity contribution is 9.10. The summed E-state index contributed by atoms with van der Waals surface area (Å²) in [6.07, 6.45) is 2.61. The van der Waals surface area contributed by atoms with Crippen molar-refractivity contribution in [3.8, 4) is 0 Å². The lowest BCUT2D eigenvalue weighted by Crippen LogP contribution is -2.46. The number of hydrogen-bond donors (Lipinski definition) is 1. The van der Waals surface area contributed by atoms with E-state index in [1.54, 1.807) is 6.07 Å². The summed E-state index contributed by atoms with van der Waals surface area (Å²) in [6, 6.07) is 6.39. The van der Waals surface area contributed by atoms with Crippen LogP contribution in [0.5, 0.6) is 0 Å². The molecule has 0 aliphatic carbocycles. The number of piperidine rings is 1. The minimum absolute atomic E-state index is 0.185. The van der Waals surface area contributed by atoms with Crippen molar-refractivity contribution >= 4 is 15.9 Å². The molecule has 2 heterocycles. The van der Waals surface area contributed by atoms with Crippen molar-refractivity contribution < 1.29 is 4.39 Å². The largest absolute Gasteiger partial charge is 0.315 e. The van der Waals surface area contributed by atoms with E-state index in [-0.39, 0.29) is 5.82 Å². The van der Waals surface area contributed by atoms with Crippen LogP contribution >= 0.6 is 15.9 Å². The van der Waals surface area contributed by atoms with Crippen molar-refractivity contribution in [2.45, 2.75) is 31.8 Å². The first-order valence-corrected chi connectivity index (χ1v) is 7.87. The van der Waals surface area contributed by atoms with Gasteiger partial charge in [0.1, 0.15) is 5.82 Å². The normalized spacial score (nSPS) is 29.2. The molecule has 3 atom stereocenters. The summed E-state index contributed by atoms with van der Waals surface area (Å²) < 4.78 is 13.9. The van der Waals surface area contributed by atoms with Crippen LogP contribution < -0.4 is 5.32 Å². The maximum Gasteiger partial charge on any atom is 0.137 e. The molecule has 1 N–H and O–H groups in total. The van der Waals surface area contributed by atoms with Gasteiger partial charge < -0.3 is 5.32 Å². The van der Waals surface area contributed by atoms with Gasteiger partial charge in [-0.05, 0) is 72.4 Å². The van der Waals surface area contributed by atoms with Crippen LogP contribution in [-0.4, -0.2) is 30.6 Å². The van der Waals surface area contributed by atoms with Crippen LogP contribution in [-0.2, 0) is 0 Å². The first-order chi connectivity index (χ1) is 9.16. The van der Waals surface area contributed by atoms with E-state index in [2.05, 4.69) is 33.1 Å². The molecule has 4 heteroatoms. The van der Waals surface area contributed by atoms with Crippen molar-refractivity contribution in [1.29, 1.82) is 0 Å². The maximum atomic E-state index is 13.3. The molecule has 2 saturated heterocycles. The topological polar surface area (TPSA) is 15.3 Å². The number of rotatable bonds is 2. The highest BCUT2D eigenvalue weighted by atomic mass is 79.9. The molecule has 3 unspecified atom stereocenters. The Labute approximate surface area is 122 Å². The number of nitrogens with zero attached hydrogens (tertiary/aromatic N) is 1. The van der Waals surface area contributed by atoms with Gasteiger partial charge in [-0.3, -0.25) is 4.90 Å². The number of benzene rings is 1. The fourth-order valence-corrected chi connectivity index (χ4v) is 3.94. The smallest absolute Gasteiger partial charge is 0.137 e. The Kier molecular flexibility index (Phi) is 3.92. The lowest BCUT2D eigenvalue weighted by atomic mass is 9.90.